The van der Waals surface area contributed by atoms with E-state index in [0.29, 0.717) is 17.8 Å². The van der Waals surface area contributed by atoms with Crippen molar-refractivity contribution in [3.63, 3.8) is 0 Å². The van der Waals surface area contributed by atoms with Gasteiger partial charge in [-0.2, -0.15) is 5.26 Å². The molecule has 0 unspecified atom stereocenters. The molecule has 30 heavy (non-hydrogen) atoms. The molecule has 0 aliphatic carbocycles. The van der Waals surface area contributed by atoms with Crippen molar-refractivity contribution in [2.45, 2.75) is 18.9 Å². The Morgan fingerprint density at radius 3 is 2.73 bits per heavy atom. The van der Waals surface area contributed by atoms with Crippen molar-refractivity contribution >= 4 is 33.8 Å². The predicted octanol–water partition coefficient (Wildman–Crippen LogP) is 4.85. The zero-order valence-electron chi connectivity index (χ0n) is 16.6. The van der Waals surface area contributed by atoms with Crippen LogP contribution in [0.5, 0.6) is 0 Å². The van der Waals surface area contributed by atoms with Crippen LogP contribution in [0.25, 0.3) is 10.9 Å². The van der Waals surface area contributed by atoms with Gasteiger partial charge in [-0.3, -0.25) is 4.79 Å². The number of aromatic amines is 1. The number of carbonyl (C=O) groups is 1. The quantitative estimate of drug-likeness (QED) is 0.404. The standard InChI is InChI=1S/C24H22N4OS/c1-16(24(29)28-21-9-4-2-7-17(21)13-25)26-15-20(23-11-6-12-30-23)19-14-27-22-10-5-3-8-18(19)22/h2-12,14,16,20,26-27H,15H2,1H3,(H,28,29)/t16-,20+/m0/s1. The Balaban J connectivity index is 1.50. The monoisotopic (exact) mass is 414 g/mol. The third-order valence-corrected chi connectivity index (χ3v) is 6.20. The first-order valence-electron chi connectivity index (χ1n) is 9.80. The van der Waals surface area contributed by atoms with Gasteiger partial charge in [0.05, 0.1) is 17.3 Å². The molecule has 2 aromatic carbocycles. The molecule has 150 valence electrons. The van der Waals surface area contributed by atoms with Gasteiger partial charge in [-0.25, -0.2) is 0 Å². The highest BCUT2D eigenvalue weighted by atomic mass is 32.1. The number of nitrogens with one attached hydrogen (secondary N) is 3. The predicted molar refractivity (Wildman–Crippen MR) is 122 cm³/mol. The molecule has 0 aliphatic rings. The van der Waals surface area contributed by atoms with Gasteiger partial charge >= 0.3 is 0 Å². The van der Waals surface area contributed by atoms with Crippen LogP contribution in [0.3, 0.4) is 0 Å². The molecular weight excluding hydrogens is 392 g/mol. The van der Waals surface area contributed by atoms with E-state index in [1.165, 1.54) is 15.8 Å². The molecule has 0 saturated carbocycles. The number of hydrogen-bond acceptors (Lipinski definition) is 4. The van der Waals surface area contributed by atoms with E-state index in [1.807, 2.05) is 19.1 Å². The number of H-pyrrole nitrogens is 1. The minimum atomic E-state index is -0.413. The Bertz CT molecular complexity index is 1190. The SMILES string of the molecule is C[C@H](NC[C@@H](c1cccs1)c1c[nH]c2ccccc12)C(=O)Nc1ccccc1C#N. The van der Waals surface area contributed by atoms with E-state index in [1.54, 1.807) is 35.6 Å². The van der Waals surface area contributed by atoms with Gasteiger partial charge in [-0.1, -0.05) is 36.4 Å². The van der Waals surface area contributed by atoms with Crippen molar-refractivity contribution in [2.75, 3.05) is 11.9 Å². The molecule has 2 atom stereocenters. The molecule has 3 N–H and O–H groups in total. The fourth-order valence-electron chi connectivity index (χ4n) is 3.55. The van der Waals surface area contributed by atoms with Gasteiger partial charge in [0, 0.05) is 34.4 Å². The smallest absolute Gasteiger partial charge is 0.241 e. The number of benzene rings is 2. The summed E-state index contributed by atoms with van der Waals surface area (Å²) in [5, 5.41) is 18.7. The Morgan fingerprint density at radius 2 is 1.93 bits per heavy atom. The first-order chi connectivity index (χ1) is 14.7. The zero-order chi connectivity index (χ0) is 20.9. The second-order valence-electron chi connectivity index (χ2n) is 7.13. The molecule has 5 nitrogen and oxygen atoms in total. The van der Waals surface area contributed by atoms with Crippen LogP contribution in [0.2, 0.25) is 0 Å². The van der Waals surface area contributed by atoms with Crippen molar-refractivity contribution < 1.29 is 4.79 Å². The van der Waals surface area contributed by atoms with Gasteiger partial charge in [0.15, 0.2) is 0 Å². The van der Waals surface area contributed by atoms with Gasteiger partial charge < -0.3 is 15.6 Å². The highest BCUT2D eigenvalue weighted by Gasteiger charge is 2.22. The number of nitrogens with zero attached hydrogens (tertiary/aromatic N) is 1. The molecule has 1 amide bonds. The summed E-state index contributed by atoms with van der Waals surface area (Å²) in [5.41, 5.74) is 3.30. The largest absolute Gasteiger partial charge is 0.361 e. The Labute approximate surface area is 179 Å². The topological polar surface area (TPSA) is 80.7 Å². The Kier molecular flexibility index (Phi) is 5.94. The molecular formula is C24H22N4OS. The molecule has 0 spiro atoms. The van der Waals surface area contributed by atoms with Crippen LogP contribution >= 0.6 is 11.3 Å². The average Bonchev–Trinajstić information content (AvgIpc) is 3.45. The van der Waals surface area contributed by atoms with E-state index in [4.69, 9.17) is 0 Å². The lowest BCUT2D eigenvalue weighted by molar-refractivity contribution is -0.117. The molecule has 2 heterocycles. The van der Waals surface area contributed by atoms with E-state index < -0.39 is 6.04 Å². The summed E-state index contributed by atoms with van der Waals surface area (Å²) >= 11 is 1.71. The summed E-state index contributed by atoms with van der Waals surface area (Å²) in [5.74, 6) is -0.0376. The number of hydrogen-bond donors (Lipinski definition) is 3. The fraction of sp³-hybridized carbons (Fsp3) is 0.167. The maximum absolute atomic E-state index is 12.7. The number of nitriles is 1. The molecule has 4 aromatic rings. The maximum atomic E-state index is 12.7. The number of carbonyl (C=O) groups excluding carboxylic acids is 1. The molecule has 0 saturated heterocycles. The number of thiophene rings is 1. The van der Waals surface area contributed by atoms with Crippen LogP contribution in [-0.2, 0) is 4.79 Å². The molecule has 6 heteroatoms. The van der Waals surface area contributed by atoms with Crippen molar-refractivity contribution in [2.24, 2.45) is 0 Å². The van der Waals surface area contributed by atoms with Gasteiger partial charge in [0.2, 0.25) is 5.91 Å². The van der Waals surface area contributed by atoms with Crippen LogP contribution in [0, 0.1) is 11.3 Å². The lowest BCUT2D eigenvalue weighted by Crippen LogP contribution is -2.40. The van der Waals surface area contributed by atoms with Crippen LogP contribution in [-0.4, -0.2) is 23.5 Å². The number of aromatic nitrogens is 1. The summed E-state index contributed by atoms with van der Waals surface area (Å²) in [6.45, 7) is 2.46. The van der Waals surface area contributed by atoms with Gasteiger partial charge in [-0.15, -0.1) is 11.3 Å². The Hall–Kier alpha value is -3.40. The molecule has 0 bridgehead atoms. The van der Waals surface area contributed by atoms with E-state index in [-0.39, 0.29) is 11.8 Å². The van der Waals surface area contributed by atoms with Crippen LogP contribution < -0.4 is 10.6 Å². The molecule has 0 fully saturated rings. The summed E-state index contributed by atoms with van der Waals surface area (Å²) in [6.07, 6.45) is 2.06. The number of fused-ring (bicyclic) bond motifs is 1. The van der Waals surface area contributed by atoms with E-state index in [0.717, 1.165) is 5.52 Å². The lowest BCUT2D eigenvalue weighted by atomic mass is 9.96. The van der Waals surface area contributed by atoms with E-state index in [9.17, 15) is 10.1 Å². The van der Waals surface area contributed by atoms with Crippen LogP contribution in [0.4, 0.5) is 5.69 Å². The highest BCUT2D eigenvalue weighted by molar-refractivity contribution is 7.10. The van der Waals surface area contributed by atoms with Crippen molar-refractivity contribution in [1.82, 2.24) is 10.3 Å². The average molecular weight is 415 g/mol. The summed E-state index contributed by atoms with van der Waals surface area (Å²) in [4.78, 5) is 17.3. The van der Waals surface area contributed by atoms with Gasteiger partial charge in [0.1, 0.15) is 6.07 Å². The maximum Gasteiger partial charge on any atom is 0.241 e. The van der Waals surface area contributed by atoms with Gasteiger partial charge in [0.25, 0.3) is 0 Å². The van der Waals surface area contributed by atoms with Crippen molar-refractivity contribution in [1.29, 1.82) is 5.26 Å². The van der Waals surface area contributed by atoms with Crippen LogP contribution in [0.15, 0.2) is 72.2 Å². The zero-order valence-corrected chi connectivity index (χ0v) is 17.4. The van der Waals surface area contributed by atoms with Crippen LogP contribution in [0.1, 0.15) is 28.8 Å². The second-order valence-corrected chi connectivity index (χ2v) is 8.11. The first kappa shape index (κ1) is 19.9. The minimum Gasteiger partial charge on any atom is -0.361 e. The van der Waals surface area contributed by atoms with Crippen molar-refractivity contribution in [3.8, 4) is 6.07 Å². The summed E-state index contributed by atoms with van der Waals surface area (Å²) in [6, 6.07) is 21.1. The number of anilines is 1. The first-order valence-corrected chi connectivity index (χ1v) is 10.7. The summed E-state index contributed by atoms with van der Waals surface area (Å²) < 4.78 is 0. The third-order valence-electron chi connectivity index (χ3n) is 5.21. The molecule has 0 aliphatic heterocycles. The normalized spacial score (nSPS) is 12.9. The van der Waals surface area contributed by atoms with E-state index in [2.05, 4.69) is 57.5 Å². The molecule has 2 aromatic heterocycles. The molecule has 0 radical (unpaired) electrons. The number of amides is 1. The number of para-hydroxylation sites is 2. The van der Waals surface area contributed by atoms with Crippen molar-refractivity contribution in [3.05, 3.63) is 88.2 Å². The summed E-state index contributed by atoms with van der Waals surface area (Å²) in [7, 11) is 0. The third kappa shape index (κ3) is 4.13. The number of rotatable bonds is 7. The fourth-order valence-corrected chi connectivity index (χ4v) is 4.40. The minimum absolute atomic E-state index is 0.128. The Morgan fingerprint density at radius 1 is 1.13 bits per heavy atom. The second kappa shape index (κ2) is 8.95. The highest BCUT2D eigenvalue weighted by Crippen LogP contribution is 2.32. The van der Waals surface area contributed by atoms with E-state index >= 15 is 0 Å². The molecule has 4 rings (SSSR count). The lowest BCUT2D eigenvalue weighted by Gasteiger charge is -2.20. The van der Waals surface area contributed by atoms with Gasteiger partial charge in [-0.05, 0) is 42.1 Å².